The minimum absolute atomic E-state index is 0.317. The van der Waals surface area contributed by atoms with E-state index in [0.29, 0.717) is 33.6 Å². The maximum Gasteiger partial charge on any atom is 0.341 e. The first-order chi connectivity index (χ1) is 14.5. The van der Waals surface area contributed by atoms with Crippen molar-refractivity contribution in [2.24, 2.45) is 5.92 Å². The van der Waals surface area contributed by atoms with Gasteiger partial charge in [0.15, 0.2) is 0 Å². The molecule has 1 aromatic carbocycles. The highest BCUT2D eigenvalue weighted by molar-refractivity contribution is 7.17. The number of thiophene rings is 1. The van der Waals surface area contributed by atoms with E-state index in [9.17, 15) is 9.59 Å². The molecule has 4 rings (SSSR count). The molecule has 0 unspecified atom stereocenters. The van der Waals surface area contributed by atoms with Gasteiger partial charge in [0.1, 0.15) is 16.5 Å². The molecule has 0 saturated carbocycles. The average Bonchev–Trinajstić information content (AvgIpc) is 2.94. The number of hydrogen-bond donors (Lipinski definition) is 1. The van der Waals surface area contributed by atoms with Gasteiger partial charge in [-0.3, -0.25) is 4.79 Å². The van der Waals surface area contributed by atoms with Crippen molar-refractivity contribution in [3.05, 3.63) is 57.7 Å². The number of methoxy groups -OCH3 is 2. The summed E-state index contributed by atoms with van der Waals surface area (Å²) in [6.07, 6.45) is 7.57. The highest BCUT2D eigenvalue weighted by Crippen LogP contribution is 2.40. The Kier molecular flexibility index (Phi) is 5.63. The molecule has 0 radical (unpaired) electrons. The molecule has 0 bridgehead atoms. The van der Waals surface area contributed by atoms with E-state index in [1.165, 1.54) is 24.7 Å². The zero-order valence-electron chi connectivity index (χ0n) is 17.1. The van der Waals surface area contributed by atoms with Crippen LogP contribution in [0.25, 0.3) is 6.08 Å². The lowest BCUT2D eigenvalue weighted by Crippen LogP contribution is -2.16. The Labute approximate surface area is 179 Å². The molecule has 2 aliphatic rings. The van der Waals surface area contributed by atoms with Gasteiger partial charge in [0.25, 0.3) is 5.91 Å². The minimum Gasteiger partial charge on any atom is -0.497 e. The first-order valence-electron chi connectivity index (χ1n) is 9.77. The Hall–Kier alpha value is -3.06. The molecule has 1 aliphatic heterocycles. The van der Waals surface area contributed by atoms with Crippen LogP contribution in [0.4, 0.5) is 5.00 Å². The average molecular weight is 426 g/mol. The van der Waals surface area contributed by atoms with Crippen LogP contribution in [0.1, 0.15) is 39.7 Å². The van der Waals surface area contributed by atoms with Crippen molar-refractivity contribution >= 4 is 34.3 Å². The number of fused-ring (bicyclic) bond motifs is 2. The van der Waals surface area contributed by atoms with Gasteiger partial charge in [-0.2, -0.15) is 0 Å². The van der Waals surface area contributed by atoms with Gasteiger partial charge in [-0.1, -0.05) is 6.92 Å². The van der Waals surface area contributed by atoms with Gasteiger partial charge in [0.05, 0.1) is 26.0 Å². The first kappa shape index (κ1) is 20.2. The fraction of sp³-hybridized carbons (Fsp3) is 0.304. The van der Waals surface area contributed by atoms with Crippen LogP contribution in [-0.4, -0.2) is 26.1 Å². The standard InChI is InChI=1S/C23H23NO5S/c1-13-4-6-17-19(10-13)30-22(20(17)23(26)28-3)24-21(25)14-8-9-29-18-7-5-16(27-2)12-15(18)11-14/h5,7-9,11-13H,4,6,10H2,1-3H3,(H,24,25)/t13-/m0/s1. The van der Waals surface area contributed by atoms with Crippen molar-refractivity contribution in [1.29, 1.82) is 0 Å². The molecule has 0 spiro atoms. The summed E-state index contributed by atoms with van der Waals surface area (Å²) >= 11 is 1.46. The Balaban J connectivity index is 1.67. The van der Waals surface area contributed by atoms with E-state index in [4.69, 9.17) is 14.2 Å². The highest BCUT2D eigenvalue weighted by atomic mass is 32.1. The molecule has 1 atom stereocenters. The number of rotatable bonds is 4. The van der Waals surface area contributed by atoms with Crippen LogP contribution in [0.15, 0.2) is 36.1 Å². The number of anilines is 1. The van der Waals surface area contributed by atoms with Crippen LogP contribution in [0.5, 0.6) is 11.5 Å². The number of hydrogen-bond acceptors (Lipinski definition) is 6. The summed E-state index contributed by atoms with van der Waals surface area (Å²) in [5.74, 6) is 1.12. The van der Waals surface area contributed by atoms with Crippen LogP contribution < -0.4 is 14.8 Å². The summed E-state index contributed by atoms with van der Waals surface area (Å²) in [5, 5.41) is 3.47. The molecule has 0 fully saturated rings. The summed E-state index contributed by atoms with van der Waals surface area (Å²) < 4.78 is 15.9. The van der Waals surface area contributed by atoms with E-state index in [0.717, 1.165) is 35.3 Å². The van der Waals surface area contributed by atoms with Crippen molar-refractivity contribution in [2.75, 3.05) is 19.5 Å². The van der Waals surface area contributed by atoms with Crippen LogP contribution in [0.3, 0.4) is 0 Å². The predicted molar refractivity (Wildman–Crippen MR) is 116 cm³/mol. The highest BCUT2D eigenvalue weighted by Gasteiger charge is 2.29. The zero-order chi connectivity index (χ0) is 21.3. The molecule has 0 saturated heterocycles. The molecule has 2 aromatic rings. The molecule has 7 heteroatoms. The quantitative estimate of drug-likeness (QED) is 0.725. The molecule has 30 heavy (non-hydrogen) atoms. The van der Waals surface area contributed by atoms with Gasteiger partial charge in [0, 0.05) is 16.0 Å². The van der Waals surface area contributed by atoms with E-state index in [1.807, 2.05) is 0 Å². The second-order valence-electron chi connectivity index (χ2n) is 7.43. The second kappa shape index (κ2) is 8.36. The summed E-state index contributed by atoms with van der Waals surface area (Å²) in [5.41, 5.74) is 2.63. The van der Waals surface area contributed by atoms with Crippen molar-refractivity contribution in [2.45, 2.75) is 26.2 Å². The van der Waals surface area contributed by atoms with Crippen LogP contribution in [-0.2, 0) is 22.4 Å². The third kappa shape index (κ3) is 3.85. The summed E-state index contributed by atoms with van der Waals surface area (Å²) in [6.45, 7) is 2.20. The van der Waals surface area contributed by atoms with Crippen LogP contribution in [0.2, 0.25) is 0 Å². The summed E-state index contributed by atoms with van der Waals surface area (Å²) in [4.78, 5) is 26.7. The normalized spacial score (nSPS) is 17.0. The Bertz CT molecular complexity index is 1070. The third-order valence-corrected chi connectivity index (χ3v) is 6.53. The molecule has 1 N–H and O–H groups in total. The van der Waals surface area contributed by atoms with E-state index in [-0.39, 0.29) is 5.91 Å². The Morgan fingerprint density at radius 2 is 2.10 bits per heavy atom. The number of esters is 1. The van der Waals surface area contributed by atoms with Gasteiger partial charge >= 0.3 is 5.97 Å². The lowest BCUT2D eigenvalue weighted by Gasteiger charge is -2.18. The molecule has 1 amide bonds. The largest absolute Gasteiger partial charge is 0.497 e. The maximum atomic E-state index is 13.1. The second-order valence-corrected chi connectivity index (χ2v) is 8.53. The summed E-state index contributed by atoms with van der Waals surface area (Å²) in [7, 11) is 2.95. The van der Waals surface area contributed by atoms with Gasteiger partial charge in [0.2, 0.25) is 0 Å². The number of amides is 1. The van der Waals surface area contributed by atoms with E-state index in [2.05, 4.69) is 12.2 Å². The zero-order valence-corrected chi connectivity index (χ0v) is 17.9. The number of benzene rings is 1. The fourth-order valence-electron chi connectivity index (χ4n) is 3.74. The first-order valence-corrected chi connectivity index (χ1v) is 10.6. The van der Waals surface area contributed by atoms with Crippen molar-refractivity contribution in [1.82, 2.24) is 0 Å². The molecular formula is C23H23NO5S. The van der Waals surface area contributed by atoms with Gasteiger partial charge < -0.3 is 19.5 Å². The number of carbonyl (C=O) groups is 2. The van der Waals surface area contributed by atoms with Gasteiger partial charge in [-0.15, -0.1) is 11.3 Å². The molecule has 2 heterocycles. The number of ether oxygens (including phenoxy) is 3. The predicted octanol–water partition coefficient (Wildman–Crippen LogP) is 4.60. The number of carbonyl (C=O) groups excluding carboxylic acids is 2. The van der Waals surface area contributed by atoms with E-state index >= 15 is 0 Å². The smallest absolute Gasteiger partial charge is 0.341 e. The fourth-order valence-corrected chi connectivity index (χ4v) is 5.14. The van der Waals surface area contributed by atoms with Crippen LogP contribution >= 0.6 is 11.3 Å². The lowest BCUT2D eigenvalue weighted by atomic mass is 9.88. The van der Waals surface area contributed by atoms with E-state index < -0.39 is 5.97 Å². The summed E-state index contributed by atoms with van der Waals surface area (Å²) in [6, 6.07) is 5.39. The van der Waals surface area contributed by atoms with Crippen molar-refractivity contribution in [3.8, 4) is 11.5 Å². The molecular weight excluding hydrogens is 402 g/mol. The third-order valence-electron chi connectivity index (χ3n) is 5.36. The van der Waals surface area contributed by atoms with E-state index in [1.54, 1.807) is 37.5 Å². The monoisotopic (exact) mass is 425 g/mol. The van der Waals surface area contributed by atoms with Crippen LogP contribution in [0, 0.1) is 5.92 Å². The molecule has 156 valence electrons. The van der Waals surface area contributed by atoms with Crippen molar-refractivity contribution in [3.63, 3.8) is 0 Å². The topological polar surface area (TPSA) is 73.9 Å². The van der Waals surface area contributed by atoms with Gasteiger partial charge in [-0.05, 0) is 61.1 Å². The minimum atomic E-state index is -0.416. The Morgan fingerprint density at radius 3 is 2.87 bits per heavy atom. The molecule has 1 aromatic heterocycles. The lowest BCUT2D eigenvalue weighted by molar-refractivity contribution is -0.112. The molecule has 6 nitrogen and oxygen atoms in total. The Morgan fingerprint density at radius 1 is 1.27 bits per heavy atom. The van der Waals surface area contributed by atoms with Crippen molar-refractivity contribution < 1.29 is 23.8 Å². The molecule has 1 aliphatic carbocycles. The van der Waals surface area contributed by atoms with Gasteiger partial charge in [-0.25, -0.2) is 4.79 Å². The maximum absolute atomic E-state index is 13.1. The SMILES string of the molecule is COC(=O)c1c(NC(=O)C2=Cc3cc(OC)ccc3OC=C2)sc2c1CC[C@H](C)C2. The number of nitrogens with one attached hydrogen (secondary N) is 1.